The highest BCUT2D eigenvalue weighted by Gasteiger charge is 2.36. The maximum absolute atomic E-state index is 12.6. The zero-order valence-corrected chi connectivity index (χ0v) is 12.2. The summed E-state index contributed by atoms with van der Waals surface area (Å²) in [5, 5.41) is 3.04. The minimum absolute atomic E-state index is 0.00222. The van der Waals surface area contributed by atoms with Gasteiger partial charge in [-0.05, 0) is 24.7 Å². The SMILES string of the molecule is CN1C[C@H](C(=O)Nc2ccccc2)[C@@H](c2ccccc2)C1. The lowest BCUT2D eigenvalue weighted by atomic mass is 9.88. The second-order valence-corrected chi connectivity index (χ2v) is 5.70. The predicted molar refractivity (Wildman–Crippen MR) is 85.2 cm³/mol. The van der Waals surface area contributed by atoms with Gasteiger partial charge in [-0.3, -0.25) is 4.79 Å². The van der Waals surface area contributed by atoms with E-state index in [-0.39, 0.29) is 17.7 Å². The maximum atomic E-state index is 12.6. The number of amides is 1. The lowest BCUT2D eigenvalue weighted by Crippen LogP contribution is -2.28. The van der Waals surface area contributed by atoms with Crippen molar-refractivity contribution in [2.45, 2.75) is 5.92 Å². The summed E-state index contributed by atoms with van der Waals surface area (Å²) < 4.78 is 0. The summed E-state index contributed by atoms with van der Waals surface area (Å²) in [6, 6.07) is 20.0. The Hall–Kier alpha value is -2.13. The molecule has 1 saturated heterocycles. The van der Waals surface area contributed by atoms with E-state index in [2.05, 4.69) is 29.4 Å². The van der Waals surface area contributed by atoms with Crippen molar-refractivity contribution in [3.05, 3.63) is 66.2 Å². The maximum Gasteiger partial charge on any atom is 0.229 e. The summed E-state index contributed by atoms with van der Waals surface area (Å²) in [5.74, 6) is 0.372. The van der Waals surface area contributed by atoms with Gasteiger partial charge in [-0.25, -0.2) is 0 Å². The van der Waals surface area contributed by atoms with E-state index in [1.165, 1.54) is 5.56 Å². The molecule has 1 fully saturated rings. The standard InChI is InChI=1S/C18H20N2O/c1-20-12-16(14-8-4-2-5-9-14)17(13-20)18(21)19-15-10-6-3-7-11-15/h2-11,16-17H,12-13H2,1H3,(H,19,21)/t16-,17+/m1/s1. The summed E-state index contributed by atoms with van der Waals surface area (Å²) in [6.45, 7) is 1.73. The van der Waals surface area contributed by atoms with Gasteiger partial charge in [-0.1, -0.05) is 48.5 Å². The van der Waals surface area contributed by atoms with Gasteiger partial charge in [0.15, 0.2) is 0 Å². The number of hydrogen-bond acceptors (Lipinski definition) is 2. The smallest absolute Gasteiger partial charge is 0.229 e. The molecule has 1 heterocycles. The van der Waals surface area contributed by atoms with Crippen molar-refractivity contribution in [2.75, 3.05) is 25.5 Å². The second kappa shape index (κ2) is 6.10. The molecule has 2 atom stereocenters. The first-order valence-electron chi connectivity index (χ1n) is 7.33. The van der Waals surface area contributed by atoms with Crippen LogP contribution in [0.15, 0.2) is 60.7 Å². The molecule has 1 amide bonds. The van der Waals surface area contributed by atoms with E-state index in [0.717, 1.165) is 18.8 Å². The summed E-state index contributed by atoms with van der Waals surface area (Å²) in [4.78, 5) is 14.8. The Morgan fingerprint density at radius 2 is 1.62 bits per heavy atom. The fraction of sp³-hybridized carbons (Fsp3) is 0.278. The van der Waals surface area contributed by atoms with E-state index in [0.29, 0.717) is 0 Å². The first-order valence-corrected chi connectivity index (χ1v) is 7.33. The zero-order chi connectivity index (χ0) is 14.7. The van der Waals surface area contributed by atoms with E-state index < -0.39 is 0 Å². The molecule has 0 aromatic heterocycles. The van der Waals surface area contributed by atoms with E-state index in [9.17, 15) is 4.79 Å². The van der Waals surface area contributed by atoms with Crippen LogP contribution in [0.1, 0.15) is 11.5 Å². The molecule has 0 radical (unpaired) electrons. The Morgan fingerprint density at radius 1 is 1.00 bits per heavy atom. The van der Waals surface area contributed by atoms with Crippen molar-refractivity contribution in [3.8, 4) is 0 Å². The van der Waals surface area contributed by atoms with Gasteiger partial charge in [-0.15, -0.1) is 0 Å². The molecule has 3 rings (SSSR count). The molecule has 0 spiro atoms. The molecule has 3 nitrogen and oxygen atoms in total. The Labute approximate surface area is 125 Å². The number of carbonyl (C=O) groups excluding carboxylic acids is 1. The van der Waals surface area contributed by atoms with Gasteiger partial charge in [0.2, 0.25) is 5.91 Å². The van der Waals surface area contributed by atoms with Crippen LogP contribution in [0.2, 0.25) is 0 Å². The molecule has 1 aliphatic rings. The molecule has 2 aromatic carbocycles. The van der Waals surface area contributed by atoms with Gasteiger partial charge in [0, 0.05) is 24.7 Å². The predicted octanol–water partition coefficient (Wildman–Crippen LogP) is 2.97. The van der Waals surface area contributed by atoms with Crippen LogP contribution in [0.4, 0.5) is 5.69 Å². The number of rotatable bonds is 3. The molecule has 0 bridgehead atoms. The molecule has 21 heavy (non-hydrogen) atoms. The highest BCUT2D eigenvalue weighted by Crippen LogP contribution is 2.32. The van der Waals surface area contributed by atoms with Crippen LogP contribution in [-0.2, 0) is 4.79 Å². The van der Waals surface area contributed by atoms with Crippen LogP contribution in [0.5, 0.6) is 0 Å². The quantitative estimate of drug-likeness (QED) is 0.937. The van der Waals surface area contributed by atoms with Crippen LogP contribution in [0.25, 0.3) is 0 Å². The van der Waals surface area contributed by atoms with E-state index in [4.69, 9.17) is 0 Å². The van der Waals surface area contributed by atoms with Crippen molar-refractivity contribution in [1.29, 1.82) is 0 Å². The zero-order valence-electron chi connectivity index (χ0n) is 12.2. The highest BCUT2D eigenvalue weighted by atomic mass is 16.2. The first-order chi connectivity index (χ1) is 10.2. The number of nitrogens with zero attached hydrogens (tertiary/aromatic N) is 1. The molecule has 1 N–H and O–H groups in total. The number of nitrogens with one attached hydrogen (secondary N) is 1. The van der Waals surface area contributed by atoms with E-state index >= 15 is 0 Å². The molecule has 2 aromatic rings. The van der Waals surface area contributed by atoms with Crippen molar-refractivity contribution >= 4 is 11.6 Å². The van der Waals surface area contributed by atoms with Crippen LogP contribution in [0.3, 0.4) is 0 Å². The number of hydrogen-bond donors (Lipinski definition) is 1. The average molecular weight is 280 g/mol. The van der Waals surface area contributed by atoms with Gasteiger partial charge < -0.3 is 10.2 Å². The van der Waals surface area contributed by atoms with Crippen molar-refractivity contribution in [2.24, 2.45) is 5.92 Å². The molecular formula is C18H20N2O. The number of benzene rings is 2. The number of para-hydroxylation sites is 1. The van der Waals surface area contributed by atoms with Crippen LogP contribution < -0.4 is 5.32 Å². The van der Waals surface area contributed by atoms with Crippen molar-refractivity contribution in [1.82, 2.24) is 4.90 Å². The summed E-state index contributed by atoms with van der Waals surface area (Å²) in [5.41, 5.74) is 2.11. The number of likely N-dealkylation sites (tertiary alicyclic amines) is 1. The number of likely N-dealkylation sites (N-methyl/N-ethyl adjacent to an activating group) is 1. The van der Waals surface area contributed by atoms with Crippen LogP contribution >= 0.6 is 0 Å². The van der Waals surface area contributed by atoms with E-state index in [1.807, 2.05) is 48.5 Å². The third kappa shape index (κ3) is 3.14. The van der Waals surface area contributed by atoms with Gasteiger partial charge in [-0.2, -0.15) is 0 Å². The third-order valence-corrected chi connectivity index (χ3v) is 4.11. The molecule has 1 aliphatic heterocycles. The molecule has 0 aliphatic carbocycles. The fourth-order valence-corrected chi connectivity index (χ4v) is 3.06. The van der Waals surface area contributed by atoms with E-state index in [1.54, 1.807) is 0 Å². The second-order valence-electron chi connectivity index (χ2n) is 5.70. The summed E-state index contributed by atoms with van der Waals surface area (Å²) in [7, 11) is 2.08. The topological polar surface area (TPSA) is 32.3 Å². The average Bonchev–Trinajstić information content (AvgIpc) is 2.91. The molecule has 108 valence electrons. The van der Waals surface area contributed by atoms with Gasteiger partial charge in [0.1, 0.15) is 0 Å². The molecule has 0 unspecified atom stereocenters. The van der Waals surface area contributed by atoms with Crippen molar-refractivity contribution < 1.29 is 4.79 Å². The lowest BCUT2D eigenvalue weighted by Gasteiger charge is -2.18. The molecule has 0 saturated carbocycles. The number of anilines is 1. The largest absolute Gasteiger partial charge is 0.326 e. The lowest BCUT2D eigenvalue weighted by molar-refractivity contribution is -0.119. The number of carbonyl (C=O) groups is 1. The normalized spacial score (nSPS) is 22.1. The first kappa shape index (κ1) is 13.8. The Bertz CT molecular complexity index is 597. The Morgan fingerprint density at radius 3 is 2.29 bits per heavy atom. The van der Waals surface area contributed by atoms with Gasteiger partial charge >= 0.3 is 0 Å². The summed E-state index contributed by atoms with van der Waals surface area (Å²) >= 11 is 0. The van der Waals surface area contributed by atoms with Crippen molar-refractivity contribution in [3.63, 3.8) is 0 Å². The molecule has 3 heteroatoms. The van der Waals surface area contributed by atoms with Gasteiger partial charge in [0.05, 0.1) is 5.92 Å². The minimum atomic E-state index is -0.00222. The Kier molecular flexibility index (Phi) is 4.02. The molecular weight excluding hydrogens is 260 g/mol. The minimum Gasteiger partial charge on any atom is -0.326 e. The Balaban J connectivity index is 1.77. The highest BCUT2D eigenvalue weighted by molar-refractivity contribution is 5.93. The van der Waals surface area contributed by atoms with Gasteiger partial charge in [0.25, 0.3) is 0 Å². The monoisotopic (exact) mass is 280 g/mol. The fourth-order valence-electron chi connectivity index (χ4n) is 3.06. The van der Waals surface area contributed by atoms with Crippen LogP contribution in [0, 0.1) is 5.92 Å². The third-order valence-electron chi connectivity index (χ3n) is 4.11. The van der Waals surface area contributed by atoms with Crippen LogP contribution in [-0.4, -0.2) is 30.9 Å². The summed E-state index contributed by atoms with van der Waals surface area (Å²) in [6.07, 6.45) is 0.